The van der Waals surface area contributed by atoms with Crippen LogP contribution in [0, 0.1) is 0 Å². The molecule has 0 saturated carbocycles. The quantitative estimate of drug-likeness (QED) is 0.679. The first kappa shape index (κ1) is 15.0. The van der Waals surface area contributed by atoms with Gasteiger partial charge in [-0.15, -0.1) is 0 Å². The van der Waals surface area contributed by atoms with Crippen LogP contribution in [0.4, 0.5) is 4.79 Å². The molecule has 8 nitrogen and oxygen atoms in total. The maximum Gasteiger partial charge on any atom is 0.405 e. The molecule has 118 valence electrons. The lowest BCUT2D eigenvalue weighted by Gasteiger charge is -2.17. The molecular weight excluding hydrogens is 322 g/mol. The summed E-state index contributed by atoms with van der Waals surface area (Å²) in [6.45, 7) is 1.59. The van der Waals surface area contributed by atoms with E-state index in [0.29, 0.717) is 21.7 Å². The molecule has 0 aliphatic carbocycles. The summed E-state index contributed by atoms with van der Waals surface area (Å²) >= 11 is 6.12. The molecule has 1 unspecified atom stereocenters. The van der Waals surface area contributed by atoms with Crippen LogP contribution in [-0.2, 0) is 0 Å². The number of para-hydroxylation sites is 1. The first-order valence-electron chi connectivity index (χ1n) is 6.69. The topological polar surface area (TPSA) is 113 Å². The van der Waals surface area contributed by atoms with Crippen LogP contribution in [0.5, 0.6) is 0 Å². The molecule has 1 atom stereocenters. The summed E-state index contributed by atoms with van der Waals surface area (Å²) in [5.41, 5.74) is -0.0419. The molecule has 3 rings (SSSR count). The molecule has 0 fully saturated rings. The Kier molecular flexibility index (Phi) is 3.75. The lowest BCUT2D eigenvalue weighted by Crippen LogP contribution is -2.32. The zero-order valence-corrected chi connectivity index (χ0v) is 12.7. The Balaban J connectivity index is 2.35. The van der Waals surface area contributed by atoms with Crippen LogP contribution in [0.1, 0.15) is 18.8 Å². The van der Waals surface area contributed by atoms with Crippen molar-refractivity contribution in [3.63, 3.8) is 0 Å². The van der Waals surface area contributed by atoms with Crippen molar-refractivity contribution in [1.29, 1.82) is 0 Å². The number of aromatic nitrogens is 4. The highest BCUT2D eigenvalue weighted by atomic mass is 35.5. The molecule has 1 aromatic carbocycles. The molecular formula is C14H12ClN5O3. The Hall–Kier alpha value is -2.87. The van der Waals surface area contributed by atoms with Crippen molar-refractivity contribution in [3.05, 3.63) is 51.7 Å². The number of hydrogen-bond acceptors (Lipinski definition) is 4. The molecule has 0 aliphatic heterocycles. The molecule has 2 heterocycles. The number of nitrogens with zero attached hydrogens (tertiary/aromatic N) is 3. The smallest absolute Gasteiger partial charge is 0.405 e. The summed E-state index contributed by atoms with van der Waals surface area (Å²) in [5, 5.41) is 18.4. The van der Waals surface area contributed by atoms with Crippen molar-refractivity contribution in [2.75, 3.05) is 0 Å². The van der Waals surface area contributed by atoms with Gasteiger partial charge < -0.3 is 10.4 Å². The average molecular weight is 334 g/mol. The number of aromatic amines is 1. The van der Waals surface area contributed by atoms with Crippen LogP contribution in [-0.4, -0.2) is 30.9 Å². The standard InChI is InChI=1S/C14H12ClN5O3/c1-7(17-14(22)23)12-18-11-8(3-2-4-9(11)15)13(21)20(12)10-5-6-16-19-10/h2-7,17H,1H3,(H,16,19)(H,22,23). The number of carbonyl (C=O) groups is 1. The lowest BCUT2D eigenvalue weighted by atomic mass is 10.2. The number of rotatable bonds is 3. The van der Waals surface area contributed by atoms with Crippen LogP contribution in [0.25, 0.3) is 16.7 Å². The maximum absolute atomic E-state index is 12.8. The van der Waals surface area contributed by atoms with Gasteiger partial charge in [-0.2, -0.15) is 5.10 Å². The van der Waals surface area contributed by atoms with Crippen LogP contribution in [0.3, 0.4) is 0 Å². The Bertz CT molecular complexity index is 935. The fraction of sp³-hybridized carbons (Fsp3) is 0.143. The average Bonchev–Trinajstić information content (AvgIpc) is 3.01. The molecule has 0 saturated heterocycles. The molecule has 3 aromatic rings. The van der Waals surface area contributed by atoms with Gasteiger partial charge in [0.2, 0.25) is 0 Å². The second-order valence-corrected chi connectivity index (χ2v) is 5.27. The van der Waals surface area contributed by atoms with Crippen molar-refractivity contribution in [2.45, 2.75) is 13.0 Å². The van der Waals surface area contributed by atoms with Gasteiger partial charge in [-0.1, -0.05) is 17.7 Å². The highest BCUT2D eigenvalue weighted by molar-refractivity contribution is 6.34. The van der Waals surface area contributed by atoms with E-state index in [1.54, 1.807) is 31.2 Å². The first-order valence-corrected chi connectivity index (χ1v) is 7.07. The molecule has 9 heteroatoms. The van der Waals surface area contributed by atoms with Crippen molar-refractivity contribution >= 4 is 28.6 Å². The Morgan fingerprint density at radius 3 is 2.87 bits per heavy atom. The largest absolute Gasteiger partial charge is 0.465 e. The summed E-state index contributed by atoms with van der Waals surface area (Å²) in [6, 6.07) is 5.75. The first-order chi connectivity index (χ1) is 11.0. The van der Waals surface area contributed by atoms with Gasteiger partial charge in [0.25, 0.3) is 5.56 Å². The van der Waals surface area contributed by atoms with E-state index >= 15 is 0 Å². The fourth-order valence-electron chi connectivity index (χ4n) is 2.34. The van der Waals surface area contributed by atoms with Crippen molar-refractivity contribution in [2.24, 2.45) is 0 Å². The Morgan fingerprint density at radius 1 is 1.43 bits per heavy atom. The van der Waals surface area contributed by atoms with E-state index in [2.05, 4.69) is 20.5 Å². The third-order valence-corrected chi connectivity index (χ3v) is 3.63. The van der Waals surface area contributed by atoms with Gasteiger partial charge >= 0.3 is 6.09 Å². The van der Waals surface area contributed by atoms with E-state index in [-0.39, 0.29) is 11.4 Å². The second kappa shape index (κ2) is 5.73. The molecule has 1 amide bonds. The van der Waals surface area contributed by atoms with Gasteiger partial charge in [-0.05, 0) is 19.1 Å². The summed E-state index contributed by atoms with van der Waals surface area (Å²) in [7, 11) is 0. The molecule has 0 radical (unpaired) electrons. The number of fused-ring (bicyclic) bond motifs is 1. The third-order valence-electron chi connectivity index (χ3n) is 3.33. The molecule has 2 aromatic heterocycles. The minimum absolute atomic E-state index is 0.210. The molecule has 3 N–H and O–H groups in total. The molecule has 23 heavy (non-hydrogen) atoms. The van der Waals surface area contributed by atoms with Gasteiger partial charge in [-0.3, -0.25) is 9.89 Å². The zero-order valence-electron chi connectivity index (χ0n) is 11.9. The fourth-order valence-corrected chi connectivity index (χ4v) is 2.55. The van der Waals surface area contributed by atoms with Gasteiger partial charge in [0.15, 0.2) is 0 Å². The number of H-pyrrole nitrogens is 1. The van der Waals surface area contributed by atoms with Crippen molar-refractivity contribution < 1.29 is 9.90 Å². The highest BCUT2D eigenvalue weighted by Gasteiger charge is 2.20. The van der Waals surface area contributed by atoms with Gasteiger partial charge in [0.05, 0.1) is 28.2 Å². The lowest BCUT2D eigenvalue weighted by molar-refractivity contribution is 0.190. The van der Waals surface area contributed by atoms with E-state index < -0.39 is 12.1 Å². The van der Waals surface area contributed by atoms with E-state index in [1.807, 2.05) is 0 Å². The van der Waals surface area contributed by atoms with E-state index in [1.165, 1.54) is 10.8 Å². The van der Waals surface area contributed by atoms with E-state index in [9.17, 15) is 9.59 Å². The summed E-state index contributed by atoms with van der Waals surface area (Å²) in [5.74, 6) is 0.598. The number of carboxylic acid groups (broad SMARTS) is 1. The minimum Gasteiger partial charge on any atom is -0.465 e. The number of nitrogens with one attached hydrogen (secondary N) is 2. The Morgan fingerprint density at radius 2 is 2.22 bits per heavy atom. The molecule has 0 bridgehead atoms. The molecule has 0 spiro atoms. The SMILES string of the molecule is CC(NC(=O)O)c1nc2c(Cl)cccc2c(=O)n1-c1ccn[nH]1. The van der Waals surface area contributed by atoms with Crippen LogP contribution in [0.15, 0.2) is 35.3 Å². The predicted molar refractivity (Wildman–Crippen MR) is 84.1 cm³/mol. The zero-order chi connectivity index (χ0) is 16.6. The molecule has 0 aliphatic rings. The Labute approximate surface area is 134 Å². The number of hydrogen-bond donors (Lipinski definition) is 3. The number of amides is 1. The van der Waals surface area contributed by atoms with Gasteiger partial charge in [0.1, 0.15) is 11.6 Å². The number of benzene rings is 1. The van der Waals surface area contributed by atoms with Gasteiger partial charge in [-0.25, -0.2) is 14.3 Å². The van der Waals surface area contributed by atoms with E-state index in [0.717, 1.165) is 0 Å². The predicted octanol–water partition coefficient (Wildman–Crippen LogP) is 2.09. The monoisotopic (exact) mass is 333 g/mol. The maximum atomic E-state index is 12.8. The van der Waals surface area contributed by atoms with Gasteiger partial charge in [0, 0.05) is 6.07 Å². The number of halogens is 1. The van der Waals surface area contributed by atoms with Crippen LogP contribution < -0.4 is 10.9 Å². The van der Waals surface area contributed by atoms with Crippen molar-refractivity contribution in [3.8, 4) is 5.82 Å². The third kappa shape index (κ3) is 2.64. The van der Waals surface area contributed by atoms with Crippen LogP contribution in [0.2, 0.25) is 5.02 Å². The summed E-state index contributed by atoms with van der Waals surface area (Å²) < 4.78 is 1.28. The summed E-state index contributed by atoms with van der Waals surface area (Å²) in [6.07, 6.45) is 0.269. The summed E-state index contributed by atoms with van der Waals surface area (Å²) in [4.78, 5) is 28.2. The van der Waals surface area contributed by atoms with E-state index in [4.69, 9.17) is 16.7 Å². The van der Waals surface area contributed by atoms with Crippen molar-refractivity contribution in [1.82, 2.24) is 25.1 Å². The minimum atomic E-state index is -1.22. The highest BCUT2D eigenvalue weighted by Crippen LogP contribution is 2.22. The normalized spacial score (nSPS) is 12.3. The second-order valence-electron chi connectivity index (χ2n) is 4.86. The van der Waals surface area contributed by atoms with Crippen LogP contribution >= 0.6 is 11.6 Å².